The van der Waals surface area contributed by atoms with Crippen molar-refractivity contribution in [2.45, 2.75) is 6.92 Å². The number of carbonyl (C=O) groups is 1. The highest BCUT2D eigenvalue weighted by molar-refractivity contribution is 7.13. The Hall–Kier alpha value is -3.24. The number of carbonyl (C=O) groups excluding carboxylic acids is 1. The van der Waals surface area contributed by atoms with Crippen LogP contribution in [-0.2, 0) is 0 Å². The molecule has 1 fully saturated rings. The molecule has 1 aliphatic heterocycles. The minimum atomic E-state index is -0.0285. The average molecular weight is 389 g/mol. The molecule has 1 saturated heterocycles. The minimum absolute atomic E-state index is 0.0285. The van der Waals surface area contributed by atoms with E-state index in [1.54, 1.807) is 35.6 Å². The highest BCUT2D eigenvalue weighted by Gasteiger charge is 2.23. The van der Waals surface area contributed by atoms with Crippen LogP contribution < -0.4 is 4.90 Å². The second kappa shape index (κ2) is 7.79. The molecule has 3 aromatic rings. The number of anilines is 1. The second-order valence-corrected chi connectivity index (χ2v) is 7.53. The summed E-state index contributed by atoms with van der Waals surface area (Å²) in [5, 5.41) is 12.0. The van der Waals surface area contributed by atoms with E-state index in [4.69, 9.17) is 5.26 Å². The number of piperazine rings is 1. The van der Waals surface area contributed by atoms with Gasteiger partial charge < -0.3 is 9.80 Å². The second-order valence-electron chi connectivity index (χ2n) is 6.67. The van der Waals surface area contributed by atoms with Crippen LogP contribution in [0.4, 0.5) is 5.82 Å². The van der Waals surface area contributed by atoms with E-state index in [1.165, 1.54) is 0 Å². The van der Waals surface area contributed by atoms with Crippen LogP contribution >= 0.6 is 11.3 Å². The number of amides is 1. The van der Waals surface area contributed by atoms with Crippen molar-refractivity contribution in [1.82, 2.24) is 14.9 Å². The van der Waals surface area contributed by atoms with E-state index in [2.05, 4.69) is 20.9 Å². The Morgan fingerprint density at radius 3 is 2.64 bits per heavy atom. The number of nitrogens with zero attached hydrogens (tertiary/aromatic N) is 5. The van der Waals surface area contributed by atoms with Gasteiger partial charge in [0.1, 0.15) is 10.8 Å². The summed E-state index contributed by atoms with van der Waals surface area (Å²) in [6.45, 7) is 4.70. The fourth-order valence-corrected chi connectivity index (χ4v) is 4.02. The lowest BCUT2D eigenvalue weighted by Gasteiger charge is -2.35. The van der Waals surface area contributed by atoms with Crippen molar-refractivity contribution in [2.24, 2.45) is 0 Å². The lowest BCUT2D eigenvalue weighted by molar-refractivity contribution is 0.0746. The SMILES string of the molecule is Cc1csc(-c2ccc(N3CCN(C(=O)c4cccc(C#N)c4)CC3)nc2)n1. The Morgan fingerprint density at radius 1 is 1.18 bits per heavy atom. The lowest BCUT2D eigenvalue weighted by Crippen LogP contribution is -2.49. The maximum atomic E-state index is 12.7. The molecule has 0 unspecified atom stereocenters. The monoisotopic (exact) mass is 389 g/mol. The number of benzene rings is 1. The molecule has 1 aliphatic rings. The van der Waals surface area contributed by atoms with Crippen molar-refractivity contribution in [3.8, 4) is 16.6 Å². The molecule has 1 amide bonds. The number of pyridine rings is 1. The largest absolute Gasteiger partial charge is 0.353 e. The Labute approximate surface area is 167 Å². The summed E-state index contributed by atoms with van der Waals surface area (Å²) >= 11 is 1.62. The first-order valence-corrected chi connectivity index (χ1v) is 9.95. The van der Waals surface area contributed by atoms with Gasteiger partial charge in [-0.05, 0) is 37.3 Å². The first-order valence-electron chi connectivity index (χ1n) is 9.07. The van der Waals surface area contributed by atoms with Gasteiger partial charge in [-0.2, -0.15) is 5.26 Å². The quantitative estimate of drug-likeness (QED) is 0.687. The molecule has 1 aromatic carbocycles. The van der Waals surface area contributed by atoms with Crippen molar-refractivity contribution < 1.29 is 4.79 Å². The van der Waals surface area contributed by atoms with Crippen molar-refractivity contribution in [2.75, 3.05) is 31.1 Å². The van der Waals surface area contributed by atoms with Crippen LogP contribution in [0.5, 0.6) is 0 Å². The van der Waals surface area contributed by atoms with E-state index in [0.717, 1.165) is 35.2 Å². The van der Waals surface area contributed by atoms with Crippen LogP contribution in [0.3, 0.4) is 0 Å². The van der Waals surface area contributed by atoms with Crippen molar-refractivity contribution in [3.05, 3.63) is 64.8 Å². The highest BCUT2D eigenvalue weighted by Crippen LogP contribution is 2.25. The van der Waals surface area contributed by atoms with E-state index in [1.807, 2.05) is 35.5 Å². The summed E-state index contributed by atoms with van der Waals surface area (Å²) in [6, 6.07) is 13.0. The predicted molar refractivity (Wildman–Crippen MR) is 109 cm³/mol. The summed E-state index contributed by atoms with van der Waals surface area (Å²) in [6.07, 6.45) is 1.86. The van der Waals surface area contributed by atoms with Crippen molar-refractivity contribution >= 4 is 23.1 Å². The van der Waals surface area contributed by atoms with Gasteiger partial charge in [0.2, 0.25) is 0 Å². The first kappa shape index (κ1) is 18.1. The van der Waals surface area contributed by atoms with Gasteiger partial charge in [0.05, 0.1) is 11.6 Å². The number of nitriles is 1. The Balaban J connectivity index is 1.40. The third-order valence-electron chi connectivity index (χ3n) is 4.74. The molecule has 28 heavy (non-hydrogen) atoms. The normalized spacial score (nSPS) is 14.0. The van der Waals surface area contributed by atoms with Crippen LogP contribution in [0.2, 0.25) is 0 Å². The van der Waals surface area contributed by atoms with Gasteiger partial charge in [-0.25, -0.2) is 9.97 Å². The molecule has 0 aliphatic carbocycles. The third-order valence-corrected chi connectivity index (χ3v) is 5.75. The number of aryl methyl sites for hydroxylation is 1. The summed E-state index contributed by atoms with van der Waals surface area (Å²) in [5.74, 6) is 0.884. The van der Waals surface area contributed by atoms with Crippen LogP contribution in [-0.4, -0.2) is 47.0 Å². The average Bonchev–Trinajstić information content (AvgIpc) is 3.20. The minimum Gasteiger partial charge on any atom is -0.353 e. The Bertz CT molecular complexity index is 1030. The summed E-state index contributed by atoms with van der Waals surface area (Å²) in [4.78, 5) is 25.8. The topological polar surface area (TPSA) is 73.1 Å². The molecule has 2 aromatic heterocycles. The molecule has 4 rings (SSSR count). The Kier molecular flexibility index (Phi) is 5.04. The summed E-state index contributed by atoms with van der Waals surface area (Å²) < 4.78 is 0. The van der Waals surface area contributed by atoms with E-state index >= 15 is 0 Å². The van der Waals surface area contributed by atoms with Crippen LogP contribution in [0.15, 0.2) is 48.0 Å². The zero-order valence-corrected chi connectivity index (χ0v) is 16.3. The van der Waals surface area contributed by atoms with Gasteiger partial charge in [-0.3, -0.25) is 4.79 Å². The maximum Gasteiger partial charge on any atom is 0.254 e. The molecular weight excluding hydrogens is 370 g/mol. The number of aromatic nitrogens is 2. The first-order chi connectivity index (χ1) is 13.6. The van der Waals surface area contributed by atoms with E-state index in [9.17, 15) is 4.79 Å². The van der Waals surface area contributed by atoms with Gasteiger partial charge in [0.25, 0.3) is 5.91 Å². The maximum absolute atomic E-state index is 12.7. The zero-order valence-electron chi connectivity index (χ0n) is 15.5. The third kappa shape index (κ3) is 3.73. The zero-order chi connectivity index (χ0) is 19.5. The van der Waals surface area contributed by atoms with Gasteiger partial charge in [-0.15, -0.1) is 11.3 Å². The molecule has 0 saturated carbocycles. The predicted octanol–water partition coefficient (Wildman–Crippen LogP) is 3.35. The molecule has 140 valence electrons. The van der Waals surface area contributed by atoms with Crippen LogP contribution in [0.25, 0.3) is 10.6 Å². The Morgan fingerprint density at radius 2 is 2.00 bits per heavy atom. The van der Waals surface area contributed by atoms with Gasteiger partial charge in [-0.1, -0.05) is 6.07 Å². The van der Waals surface area contributed by atoms with Gasteiger partial charge >= 0.3 is 0 Å². The molecule has 0 N–H and O–H groups in total. The molecule has 6 nitrogen and oxygen atoms in total. The van der Waals surface area contributed by atoms with E-state index < -0.39 is 0 Å². The number of hydrogen-bond acceptors (Lipinski definition) is 6. The molecule has 7 heteroatoms. The summed E-state index contributed by atoms with van der Waals surface area (Å²) in [5.41, 5.74) is 3.11. The molecule has 0 atom stereocenters. The summed E-state index contributed by atoms with van der Waals surface area (Å²) in [7, 11) is 0. The molecule has 0 radical (unpaired) electrons. The number of rotatable bonds is 3. The molecule has 0 bridgehead atoms. The highest BCUT2D eigenvalue weighted by atomic mass is 32.1. The van der Waals surface area contributed by atoms with Crippen LogP contribution in [0, 0.1) is 18.3 Å². The van der Waals surface area contributed by atoms with Crippen molar-refractivity contribution in [3.63, 3.8) is 0 Å². The van der Waals surface area contributed by atoms with Gasteiger partial charge in [0.15, 0.2) is 0 Å². The smallest absolute Gasteiger partial charge is 0.254 e. The standard InChI is InChI=1S/C21H19N5OS/c1-15-14-28-20(24-15)18-5-6-19(23-13-18)25-7-9-26(10-8-25)21(27)17-4-2-3-16(11-17)12-22/h2-6,11,13-14H,7-10H2,1H3. The molecule has 3 heterocycles. The van der Waals surface area contributed by atoms with E-state index in [0.29, 0.717) is 24.2 Å². The number of thiazole rings is 1. The fourth-order valence-electron chi connectivity index (χ4n) is 3.23. The van der Waals surface area contributed by atoms with E-state index in [-0.39, 0.29) is 5.91 Å². The molecule has 0 spiro atoms. The van der Waals surface area contributed by atoms with Crippen molar-refractivity contribution in [1.29, 1.82) is 5.26 Å². The fraction of sp³-hybridized carbons (Fsp3) is 0.238. The van der Waals surface area contributed by atoms with Gasteiger partial charge in [0, 0.05) is 54.6 Å². The van der Waals surface area contributed by atoms with Crippen LogP contribution in [0.1, 0.15) is 21.6 Å². The lowest BCUT2D eigenvalue weighted by atomic mass is 10.1. The molecular formula is C21H19N5OS. The number of hydrogen-bond donors (Lipinski definition) is 0.